The standard InChI is InChI=1S/C25H36N4O/c1-19(2)12-14-27-23-22(11-8-13-26-23)24(30)29-16-15-28(18-25(29,4)5)17-21-10-7-6-9-20(21)3/h6-11,13,19H,12,14-18H2,1-5H3,(H,26,27). The monoisotopic (exact) mass is 408 g/mol. The van der Waals surface area contributed by atoms with Gasteiger partial charge < -0.3 is 10.2 Å². The molecular formula is C25H36N4O. The molecule has 1 amide bonds. The number of aromatic nitrogens is 1. The second kappa shape index (κ2) is 9.61. The van der Waals surface area contributed by atoms with Gasteiger partial charge in [0.15, 0.2) is 0 Å². The predicted octanol–water partition coefficient (Wildman–Crippen LogP) is 4.58. The third kappa shape index (κ3) is 5.39. The molecule has 1 fully saturated rings. The normalized spacial score (nSPS) is 16.7. The van der Waals surface area contributed by atoms with Crippen molar-refractivity contribution >= 4 is 11.7 Å². The summed E-state index contributed by atoms with van der Waals surface area (Å²) in [5, 5.41) is 3.37. The number of nitrogens with one attached hydrogen (secondary N) is 1. The summed E-state index contributed by atoms with van der Waals surface area (Å²) in [4.78, 5) is 22.4. The van der Waals surface area contributed by atoms with Crippen molar-refractivity contribution in [3.05, 3.63) is 59.3 Å². The number of hydrogen-bond donors (Lipinski definition) is 1. The van der Waals surface area contributed by atoms with Gasteiger partial charge in [-0.3, -0.25) is 9.69 Å². The number of aryl methyl sites for hydroxylation is 1. The van der Waals surface area contributed by atoms with Crippen molar-refractivity contribution in [1.82, 2.24) is 14.8 Å². The number of carbonyl (C=O) groups is 1. The summed E-state index contributed by atoms with van der Waals surface area (Å²) in [5.41, 5.74) is 3.10. The molecule has 1 saturated heterocycles. The van der Waals surface area contributed by atoms with Crippen molar-refractivity contribution in [2.24, 2.45) is 5.92 Å². The minimum Gasteiger partial charge on any atom is -0.369 e. The maximum atomic E-state index is 13.5. The zero-order valence-corrected chi connectivity index (χ0v) is 19.1. The van der Waals surface area contributed by atoms with Gasteiger partial charge in [0.1, 0.15) is 5.82 Å². The summed E-state index contributed by atoms with van der Waals surface area (Å²) in [6, 6.07) is 12.3. The fourth-order valence-electron chi connectivity index (χ4n) is 4.14. The number of piperazine rings is 1. The first kappa shape index (κ1) is 22.3. The maximum Gasteiger partial charge on any atom is 0.258 e. The molecule has 1 aliphatic heterocycles. The van der Waals surface area contributed by atoms with Gasteiger partial charge in [-0.25, -0.2) is 4.98 Å². The minimum absolute atomic E-state index is 0.0655. The number of nitrogens with zero attached hydrogens (tertiary/aromatic N) is 3. The van der Waals surface area contributed by atoms with Crippen molar-refractivity contribution in [1.29, 1.82) is 0 Å². The first-order valence-electron chi connectivity index (χ1n) is 11.1. The highest BCUT2D eigenvalue weighted by atomic mass is 16.2. The van der Waals surface area contributed by atoms with Gasteiger partial charge in [-0.2, -0.15) is 0 Å². The van der Waals surface area contributed by atoms with Crippen molar-refractivity contribution in [2.45, 2.75) is 53.1 Å². The molecule has 0 saturated carbocycles. The van der Waals surface area contributed by atoms with Crippen LogP contribution >= 0.6 is 0 Å². The van der Waals surface area contributed by atoms with Gasteiger partial charge in [-0.15, -0.1) is 0 Å². The van der Waals surface area contributed by atoms with Gasteiger partial charge in [0.25, 0.3) is 5.91 Å². The van der Waals surface area contributed by atoms with Crippen LogP contribution < -0.4 is 5.32 Å². The smallest absolute Gasteiger partial charge is 0.258 e. The second-order valence-corrected chi connectivity index (χ2v) is 9.42. The van der Waals surface area contributed by atoms with Crippen LogP contribution in [0.2, 0.25) is 0 Å². The zero-order chi connectivity index (χ0) is 21.7. The molecule has 0 unspecified atom stereocenters. The lowest BCUT2D eigenvalue weighted by Crippen LogP contribution is -2.60. The minimum atomic E-state index is -0.247. The van der Waals surface area contributed by atoms with Gasteiger partial charge in [0.05, 0.1) is 11.1 Å². The van der Waals surface area contributed by atoms with Crippen LogP contribution in [0.1, 0.15) is 55.6 Å². The molecule has 5 heteroatoms. The lowest BCUT2D eigenvalue weighted by atomic mass is 9.96. The Bertz CT molecular complexity index is 862. The number of benzene rings is 1. The molecule has 2 aromatic rings. The van der Waals surface area contributed by atoms with E-state index in [0.29, 0.717) is 17.3 Å². The van der Waals surface area contributed by atoms with Gasteiger partial charge in [0.2, 0.25) is 0 Å². The summed E-state index contributed by atoms with van der Waals surface area (Å²) >= 11 is 0. The van der Waals surface area contributed by atoms with Crippen LogP contribution in [0.15, 0.2) is 42.6 Å². The van der Waals surface area contributed by atoms with E-state index in [1.807, 2.05) is 17.0 Å². The molecule has 2 heterocycles. The molecule has 3 rings (SSSR count). The number of pyridine rings is 1. The topological polar surface area (TPSA) is 48.5 Å². The number of hydrogen-bond acceptors (Lipinski definition) is 4. The summed E-state index contributed by atoms with van der Waals surface area (Å²) in [6.45, 7) is 15.1. The highest BCUT2D eigenvalue weighted by Crippen LogP contribution is 2.26. The van der Waals surface area contributed by atoms with Crippen LogP contribution in [0.3, 0.4) is 0 Å². The van der Waals surface area contributed by atoms with E-state index >= 15 is 0 Å². The third-order valence-electron chi connectivity index (χ3n) is 5.93. The van der Waals surface area contributed by atoms with Gasteiger partial charge in [-0.1, -0.05) is 38.1 Å². The second-order valence-electron chi connectivity index (χ2n) is 9.42. The van der Waals surface area contributed by atoms with E-state index in [4.69, 9.17) is 0 Å². The van der Waals surface area contributed by atoms with Crippen molar-refractivity contribution in [3.63, 3.8) is 0 Å². The van der Waals surface area contributed by atoms with Crippen LogP contribution in [-0.2, 0) is 6.54 Å². The Labute approximate surface area is 181 Å². The molecule has 0 spiro atoms. The average Bonchev–Trinajstić information content (AvgIpc) is 2.69. The molecule has 0 radical (unpaired) electrons. The summed E-state index contributed by atoms with van der Waals surface area (Å²) in [5.74, 6) is 1.37. The molecule has 30 heavy (non-hydrogen) atoms. The van der Waals surface area contributed by atoms with E-state index in [9.17, 15) is 4.79 Å². The Balaban J connectivity index is 1.70. The molecule has 0 aliphatic carbocycles. The molecule has 162 valence electrons. The van der Waals surface area contributed by atoms with E-state index in [2.05, 4.69) is 74.1 Å². The predicted molar refractivity (Wildman–Crippen MR) is 124 cm³/mol. The van der Waals surface area contributed by atoms with Gasteiger partial charge in [0, 0.05) is 38.9 Å². The van der Waals surface area contributed by atoms with E-state index in [-0.39, 0.29) is 11.4 Å². The Morgan fingerprint density at radius 2 is 1.93 bits per heavy atom. The molecule has 5 nitrogen and oxygen atoms in total. The van der Waals surface area contributed by atoms with Crippen molar-refractivity contribution in [2.75, 3.05) is 31.5 Å². The van der Waals surface area contributed by atoms with Crippen LogP contribution in [-0.4, -0.2) is 52.4 Å². The quantitative estimate of drug-likeness (QED) is 0.728. The Hall–Kier alpha value is -2.40. The Morgan fingerprint density at radius 3 is 2.63 bits per heavy atom. The fraction of sp³-hybridized carbons (Fsp3) is 0.520. The van der Waals surface area contributed by atoms with Gasteiger partial charge in [-0.05, 0) is 56.4 Å². The molecule has 1 N–H and O–H groups in total. The van der Waals surface area contributed by atoms with Crippen molar-refractivity contribution < 1.29 is 4.79 Å². The van der Waals surface area contributed by atoms with Gasteiger partial charge >= 0.3 is 0 Å². The van der Waals surface area contributed by atoms with Crippen LogP contribution in [0.4, 0.5) is 5.82 Å². The number of amides is 1. The number of anilines is 1. The maximum absolute atomic E-state index is 13.5. The molecule has 0 atom stereocenters. The third-order valence-corrected chi connectivity index (χ3v) is 5.93. The summed E-state index contributed by atoms with van der Waals surface area (Å²) in [7, 11) is 0. The van der Waals surface area contributed by atoms with Crippen LogP contribution in [0.5, 0.6) is 0 Å². The molecule has 0 bridgehead atoms. The van der Waals surface area contributed by atoms with E-state index in [0.717, 1.165) is 39.1 Å². The number of rotatable bonds is 7. The lowest BCUT2D eigenvalue weighted by molar-refractivity contribution is 0.0159. The highest BCUT2D eigenvalue weighted by Gasteiger charge is 2.37. The van der Waals surface area contributed by atoms with Crippen LogP contribution in [0.25, 0.3) is 0 Å². The summed E-state index contributed by atoms with van der Waals surface area (Å²) < 4.78 is 0. The van der Waals surface area contributed by atoms with Crippen molar-refractivity contribution in [3.8, 4) is 0 Å². The molecular weight excluding hydrogens is 372 g/mol. The van der Waals surface area contributed by atoms with E-state index < -0.39 is 0 Å². The van der Waals surface area contributed by atoms with E-state index in [1.54, 1.807) is 6.20 Å². The highest BCUT2D eigenvalue weighted by molar-refractivity contribution is 5.99. The number of carbonyl (C=O) groups excluding carboxylic acids is 1. The molecule has 1 aliphatic rings. The SMILES string of the molecule is Cc1ccccc1CN1CCN(C(=O)c2cccnc2NCCC(C)C)C(C)(C)C1. The lowest BCUT2D eigenvalue weighted by Gasteiger charge is -2.47. The Morgan fingerprint density at radius 1 is 1.17 bits per heavy atom. The van der Waals surface area contributed by atoms with Crippen LogP contribution in [0, 0.1) is 12.8 Å². The molecule has 1 aromatic heterocycles. The first-order valence-corrected chi connectivity index (χ1v) is 11.1. The average molecular weight is 409 g/mol. The van der Waals surface area contributed by atoms with E-state index in [1.165, 1.54) is 11.1 Å². The largest absolute Gasteiger partial charge is 0.369 e. The first-order chi connectivity index (χ1) is 14.3. The fourth-order valence-corrected chi connectivity index (χ4v) is 4.14. The zero-order valence-electron chi connectivity index (χ0n) is 19.1. The Kier molecular flexibility index (Phi) is 7.14. The molecule has 1 aromatic carbocycles. The summed E-state index contributed by atoms with van der Waals surface area (Å²) in [6.07, 6.45) is 2.80.